The Kier molecular flexibility index (Phi) is 6.22. The van der Waals surface area contributed by atoms with Gasteiger partial charge in [0.25, 0.3) is 0 Å². The molecule has 162 valence electrons. The van der Waals surface area contributed by atoms with Gasteiger partial charge in [-0.3, -0.25) is 0 Å². The molecule has 0 aromatic heterocycles. The Balaban J connectivity index is 1.28. The highest BCUT2D eigenvalue weighted by molar-refractivity contribution is 5.54. The molecule has 8 heteroatoms. The van der Waals surface area contributed by atoms with Crippen LogP contribution in [0.2, 0.25) is 0 Å². The molecule has 1 atom stereocenters. The Hall–Kier alpha value is -2.61. The summed E-state index contributed by atoms with van der Waals surface area (Å²) in [4.78, 5) is 4.45. The van der Waals surface area contributed by atoms with Crippen molar-refractivity contribution in [3.05, 3.63) is 48.5 Å². The molecule has 0 N–H and O–H groups in total. The third-order valence-corrected chi connectivity index (χ3v) is 5.32. The molecule has 2 saturated heterocycles. The highest BCUT2D eigenvalue weighted by atomic mass is 19.4. The molecule has 30 heavy (non-hydrogen) atoms. The average Bonchev–Trinajstić information content (AvgIpc) is 2.75. The number of rotatable bonds is 5. The van der Waals surface area contributed by atoms with Crippen LogP contribution in [0, 0.1) is 0 Å². The normalized spacial score (nSPS) is 20.2. The van der Waals surface area contributed by atoms with Crippen LogP contribution >= 0.6 is 0 Å². The van der Waals surface area contributed by atoms with Crippen LogP contribution in [0.4, 0.5) is 24.5 Å². The summed E-state index contributed by atoms with van der Waals surface area (Å²) in [6.45, 7) is 3.98. The fraction of sp³-hybridized carbons (Fsp3) is 0.455. The largest absolute Gasteiger partial charge is 0.573 e. The Morgan fingerprint density at radius 2 is 1.30 bits per heavy atom. The molecule has 2 aliphatic heterocycles. The molecule has 2 aliphatic rings. The Morgan fingerprint density at radius 3 is 1.77 bits per heavy atom. The van der Waals surface area contributed by atoms with Crippen molar-refractivity contribution in [1.82, 2.24) is 0 Å². The zero-order chi connectivity index (χ0) is 21.0. The highest BCUT2D eigenvalue weighted by Gasteiger charge is 2.31. The number of piperazine rings is 1. The molecule has 0 saturated carbocycles. The van der Waals surface area contributed by atoms with E-state index in [-0.39, 0.29) is 12.0 Å². The Bertz CT molecular complexity index is 798. The third-order valence-electron chi connectivity index (χ3n) is 5.32. The Labute approximate surface area is 173 Å². The summed E-state index contributed by atoms with van der Waals surface area (Å²) in [5, 5.41) is 0. The summed E-state index contributed by atoms with van der Waals surface area (Å²) in [6.07, 6.45) is -1.67. The van der Waals surface area contributed by atoms with Gasteiger partial charge >= 0.3 is 6.36 Å². The quantitative estimate of drug-likeness (QED) is 0.690. The summed E-state index contributed by atoms with van der Waals surface area (Å²) in [7, 11) is 0. The van der Waals surface area contributed by atoms with Crippen LogP contribution < -0.4 is 19.3 Å². The van der Waals surface area contributed by atoms with E-state index in [2.05, 4.69) is 26.7 Å². The lowest BCUT2D eigenvalue weighted by atomic mass is 10.2. The van der Waals surface area contributed by atoms with Crippen molar-refractivity contribution in [2.45, 2.75) is 31.9 Å². The first-order chi connectivity index (χ1) is 14.5. The van der Waals surface area contributed by atoms with Crippen molar-refractivity contribution >= 4 is 11.4 Å². The first-order valence-corrected chi connectivity index (χ1v) is 10.2. The molecule has 2 aromatic carbocycles. The molecular weight excluding hydrogens is 397 g/mol. The third kappa shape index (κ3) is 5.50. The monoisotopic (exact) mass is 422 g/mol. The number of ether oxygens (including phenoxy) is 3. The zero-order valence-electron chi connectivity index (χ0n) is 16.6. The van der Waals surface area contributed by atoms with Crippen LogP contribution in [0.25, 0.3) is 0 Å². The molecule has 0 spiro atoms. The van der Waals surface area contributed by atoms with Gasteiger partial charge in [0.15, 0.2) is 6.29 Å². The average molecular weight is 422 g/mol. The van der Waals surface area contributed by atoms with Crippen molar-refractivity contribution in [2.24, 2.45) is 0 Å². The van der Waals surface area contributed by atoms with Crippen molar-refractivity contribution < 1.29 is 27.4 Å². The molecule has 0 bridgehead atoms. The van der Waals surface area contributed by atoms with E-state index in [1.165, 1.54) is 12.1 Å². The SMILES string of the molecule is FC(F)(F)Oc1ccc(N2CCN(c3ccc(OC4CCCCO4)cc3)CC2)cc1. The van der Waals surface area contributed by atoms with Gasteiger partial charge in [-0.05, 0) is 61.4 Å². The van der Waals surface area contributed by atoms with Crippen LogP contribution in [0.3, 0.4) is 0 Å². The minimum atomic E-state index is -4.67. The molecule has 4 rings (SSSR count). The van der Waals surface area contributed by atoms with Gasteiger partial charge in [0, 0.05) is 44.0 Å². The molecular formula is C22H25F3N2O3. The summed E-state index contributed by atoms with van der Waals surface area (Å²) < 4.78 is 52.3. The van der Waals surface area contributed by atoms with Crippen molar-refractivity contribution in [1.29, 1.82) is 0 Å². The van der Waals surface area contributed by atoms with Gasteiger partial charge < -0.3 is 24.0 Å². The van der Waals surface area contributed by atoms with Crippen molar-refractivity contribution in [2.75, 3.05) is 42.6 Å². The van der Waals surface area contributed by atoms with Crippen molar-refractivity contribution in [3.8, 4) is 11.5 Å². The fourth-order valence-corrected chi connectivity index (χ4v) is 3.77. The zero-order valence-corrected chi connectivity index (χ0v) is 16.6. The predicted octanol–water partition coefficient (Wildman–Crippen LogP) is 4.82. The fourth-order valence-electron chi connectivity index (χ4n) is 3.77. The molecule has 0 radical (unpaired) electrons. The molecule has 0 aliphatic carbocycles. The van der Waals surface area contributed by atoms with E-state index in [9.17, 15) is 13.2 Å². The molecule has 2 heterocycles. The van der Waals surface area contributed by atoms with E-state index < -0.39 is 6.36 Å². The first kappa shape index (κ1) is 20.7. The minimum absolute atomic E-state index is 0.152. The molecule has 5 nitrogen and oxygen atoms in total. The van der Waals surface area contributed by atoms with Gasteiger partial charge in [0.05, 0.1) is 6.61 Å². The molecule has 2 fully saturated rings. The topological polar surface area (TPSA) is 34.2 Å². The maximum absolute atomic E-state index is 12.3. The van der Waals surface area contributed by atoms with Gasteiger partial charge in [0.1, 0.15) is 11.5 Å². The Morgan fingerprint density at radius 1 is 0.767 bits per heavy atom. The second-order valence-electron chi connectivity index (χ2n) is 7.42. The number of nitrogens with zero attached hydrogens (tertiary/aromatic N) is 2. The number of alkyl halides is 3. The second kappa shape index (κ2) is 9.04. The number of hydrogen-bond donors (Lipinski definition) is 0. The number of hydrogen-bond acceptors (Lipinski definition) is 5. The van der Waals surface area contributed by atoms with E-state index in [1.807, 2.05) is 12.1 Å². The van der Waals surface area contributed by atoms with Crippen molar-refractivity contribution in [3.63, 3.8) is 0 Å². The van der Waals surface area contributed by atoms with Gasteiger partial charge in [-0.25, -0.2) is 0 Å². The second-order valence-corrected chi connectivity index (χ2v) is 7.42. The van der Waals surface area contributed by atoms with Gasteiger partial charge in [0.2, 0.25) is 0 Å². The number of benzene rings is 2. The van der Waals surface area contributed by atoms with E-state index in [1.54, 1.807) is 12.1 Å². The summed E-state index contributed by atoms with van der Waals surface area (Å²) in [6, 6.07) is 14.1. The van der Waals surface area contributed by atoms with Gasteiger partial charge in [-0.2, -0.15) is 0 Å². The van der Waals surface area contributed by atoms with E-state index in [0.717, 1.165) is 69.2 Å². The highest BCUT2D eigenvalue weighted by Crippen LogP contribution is 2.27. The number of anilines is 2. The minimum Gasteiger partial charge on any atom is -0.465 e. The maximum atomic E-state index is 12.3. The molecule has 2 aromatic rings. The molecule has 0 amide bonds. The van der Waals surface area contributed by atoms with Crippen LogP contribution in [-0.2, 0) is 4.74 Å². The molecule has 1 unspecified atom stereocenters. The lowest BCUT2D eigenvalue weighted by Crippen LogP contribution is -2.46. The lowest BCUT2D eigenvalue weighted by Gasteiger charge is -2.37. The van der Waals surface area contributed by atoms with Crippen LogP contribution in [0.1, 0.15) is 19.3 Å². The smallest absolute Gasteiger partial charge is 0.465 e. The maximum Gasteiger partial charge on any atom is 0.573 e. The predicted molar refractivity (Wildman–Crippen MR) is 108 cm³/mol. The van der Waals surface area contributed by atoms with Crippen LogP contribution in [0.15, 0.2) is 48.5 Å². The van der Waals surface area contributed by atoms with E-state index in [0.29, 0.717) is 0 Å². The number of halogens is 3. The standard InChI is InChI=1S/C22H25F3N2O3/c23-22(24,25)30-20-10-6-18(7-11-20)27-14-12-26(13-15-27)17-4-8-19(9-5-17)29-21-3-1-2-16-28-21/h4-11,21H,1-3,12-16H2. The van der Waals surface area contributed by atoms with Gasteiger partial charge in [-0.1, -0.05) is 0 Å². The summed E-state index contributed by atoms with van der Waals surface area (Å²) in [5.74, 6) is 0.608. The van der Waals surface area contributed by atoms with Crippen LogP contribution in [0.5, 0.6) is 11.5 Å². The summed E-state index contributed by atoms with van der Waals surface area (Å²) >= 11 is 0. The van der Waals surface area contributed by atoms with E-state index in [4.69, 9.17) is 9.47 Å². The van der Waals surface area contributed by atoms with E-state index >= 15 is 0 Å². The van der Waals surface area contributed by atoms with Crippen LogP contribution in [-0.4, -0.2) is 45.4 Å². The van der Waals surface area contributed by atoms with Gasteiger partial charge in [-0.15, -0.1) is 13.2 Å². The first-order valence-electron chi connectivity index (χ1n) is 10.2. The summed E-state index contributed by atoms with van der Waals surface area (Å²) in [5.41, 5.74) is 2.01. The lowest BCUT2D eigenvalue weighted by molar-refractivity contribution is -0.274.